The van der Waals surface area contributed by atoms with Gasteiger partial charge in [-0.25, -0.2) is 0 Å². The van der Waals surface area contributed by atoms with Crippen LogP contribution in [0.4, 0.5) is 0 Å². The normalized spacial score (nSPS) is 9.56. The minimum atomic E-state index is 0.501. The van der Waals surface area contributed by atoms with Crippen molar-refractivity contribution in [2.45, 2.75) is 6.54 Å². The number of benzene rings is 1. The van der Waals surface area contributed by atoms with Crippen molar-refractivity contribution < 1.29 is 0 Å². The Kier molecular flexibility index (Phi) is 2.09. The summed E-state index contributed by atoms with van der Waals surface area (Å²) in [5, 5.41) is 0.623. The van der Waals surface area contributed by atoms with Crippen molar-refractivity contribution in [2.75, 3.05) is 0 Å². The zero-order valence-corrected chi connectivity index (χ0v) is 5.65. The van der Waals surface area contributed by atoms with E-state index in [-0.39, 0.29) is 0 Å². The summed E-state index contributed by atoms with van der Waals surface area (Å²) in [4.78, 5) is 0. The molecule has 0 aliphatic carbocycles. The molecule has 0 spiro atoms. The third-order valence-electron chi connectivity index (χ3n) is 1.04. The predicted octanol–water partition coefficient (Wildman–Crippen LogP) is 1.60. The molecule has 0 aliphatic rings. The Balaban J connectivity index is 2.94. The van der Waals surface area contributed by atoms with Crippen molar-refractivity contribution in [2.24, 2.45) is 5.73 Å². The van der Waals surface area contributed by atoms with Crippen LogP contribution in [0.15, 0.2) is 18.2 Å². The first-order chi connectivity index (χ1) is 4.33. The molecule has 0 amide bonds. The van der Waals surface area contributed by atoms with E-state index in [0.717, 1.165) is 5.56 Å². The highest BCUT2D eigenvalue weighted by atomic mass is 35.5. The van der Waals surface area contributed by atoms with E-state index in [9.17, 15) is 0 Å². The summed E-state index contributed by atoms with van der Waals surface area (Å²) in [7, 11) is 0. The van der Waals surface area contributed by atoms with Crippen LogP contribution in [0.5, 0.6) is 0 Å². The Morgan fingerprint density at radius 3 is 2.78 bits per heavy atom. The molecule has 9 heavy (non-hydrogen) atoms. The molecule has 0 aliphatic heterocycles. The molecule has 0 saturated carbocycles. The van der Waals surface area contributed by atoms with Gasteiger partial charge in [0, 0.05) is 17.6 Å². The number of halogens is 1. The third-order valence-corrected chi connectivity index (χ3v) is 1.26. The number of nitrogens with two attached hydrogens (primary N) is 1. The standard InChI is InChI=1S/C7H7ClN/c8-7-3-1-2-6(4-7)5-9/h1-3H,5,9H2. The van der Waals surface area contributed by atoms with Crippen LogP contribution in [0.2, 0.25) is 5.02 Å². The molecule has 2 N–H and O–H groups in total. The summed E-state index contributed by atoms with van der Waals surface area (Å²) < 4.78 is 0. The van der Waals surface area contributed by atoms with Crippen LogP contribution in [0, 0.1) is 6.07 Å². The smallest absolute Gasteiger partial charge is 0.0488 e. The highest BCUT2D eigenvalue weighted by Gasteiger charge is 1.88. The molecule has 0 bridgehead atoms. The molecule has 1 radical (unpaired) electrons. The average molecular weight is 141 g/mol. The molecule has 0 unspecified atom stereocenters. The summed E-state index contributed by atoms with van der Waals surface area (Å²) in [5.74, 6) is 0. The van der Waals surface area contributed by atoms with E-state index in [1.165, 1.54) is 0 Å². The molecule has 0 atom stereocenters. The fourth-order valence-corrected chi connectivity index (χ4v) is 0.799. The van der Waals surface area contributed by atoms with E-state index in [0.29, 0.717) is 11.6 Å². The van der Waals surface area contributed by atoms with Crippen molar-refractivity contribution in [3.63, 3.8) is 0 Å². The van der Waals surface area contributed by atoms with E-state index in [1.54, 1.807) is 6.07 Å². The van der Waals surface area contributed by atoms with Gasteiger partial charge < -0.3 is 5.73 Å². The van der Waals surface area contributed by atoms with Gasteiger partial charge >= 0.3 is 0 Å². The summed E-state index contributed by atoms with van der Waals surface area (Å²) in [5.41, 5.74) is 6.28. The summed E-state index contributed by atoms with van der Waals surface area (Å²) in [6.45, 7) is 0.501. The van der Waals surface area contributed by atoms with Crippen LogP contribution < -0.4 is 5.73 Å². The largest absolute Gasteiger partial charge is 0.326 e. The van der Waals surface area contributed by atoms with E-state index in [1.807, 2.05) is 12.1 Å². The van der Waals surface area contributed by atoms with Gasteiger partial charge in [0.2, 0.25) is 0 Å². The number of hydrogen-bond donors (Lipinski definition) is 1. The Hall–Kier alpha value is -0.530. The van der Waals surface area contributed by atoms with Crippen molar-refractivity contribution in [1.82, 2.24) is 0 Å². The van der Waals surface area contributed by atoms with Crippen molar-refractivity contribution >= 4 is 11.6 Å². The second kappa shape index (κ2) is 2.85. The first-order valence-corrected chi connectivity index (χ1v) is 3.07. The maximum Gasteiger partial charge on any atom is 0.0488 e. The van der Waals surface area contributed by atoms with E-state index in [4.69, 9.17) is 17.3 Å². The SMILES string of the molecule is NCc1[c]c(Cl)ccc1. The zero-order chi connectivity index (χ0) is 6.69. The summed E-state index contributed by atoms with van der Waals surface area (Å²) in [6, 6.07) is 8.43. The van der Waals surface area contributed by atoms with Gasteiger partial charge in [-0.1, -0.05) is 23.7 Å². The average Bonchev–Trinajstić information content (AvgIpc) is 1.88. The molecule has 1 aromatic carbocycles. The fourth-order valence-electron chi connectivity index (χ4n) is 0.605. The fraction of sp³-hybridized carbons (Fsp3) is 0.143. The van der Waals surface area contributed by atoms with E-state index < -0.39 is 0 Å². The van der Waals surface area contributed by atoms with Crippen LogP contribution in [0.1, 0.15) is 5.56 Å². The number of rotatable bonds is 1. The summed E-state index contributed by atoms with van der Waals surface area (Å²) >= 11 is 5.61. The van der Waals surface area contributed by atoms with Gasteiger partial charge in [-0.3, -0.25) is 0 Å². The maximum absolute atomic E-state index is 5.61. The minimum Gasteiger partial charge on any atom is -0.326 e. The van der Waals surface area contributed by atoms with Crippen molar-refractivity contribution in [3.8, 4) is 0 Å². The zero-order valence-electron chi connectivity index (χ0n) is 4.89. The molecule has 1 nitrogen and oxygen atoms in total. The van der Waals surface area contributed by atoms with Gasteiger partial charge in [-0.15, -0.1) is 0 Å². The second-order valence-corrected chi connectivity index (χ2v) is 2.14. The van der Waals surface area contributed by atoms with Gasteiger partial charge in [-0.05, 0) is 11.6 Å². The van der Waals surface area contributed by atoms with Gasteiger partial charge in [0.15, 0.2) is 0 Å². The lowest BCUT2D eigenvalue weighted by Gasteiger charge is -1.92. The lowest BCUT2D eigenvalue weighted by atomic mass is 10.2. The Labute approximate surface area is 59.4 Å². The highest BCUT2D eigenvalue weighted by molar-refractivity contribution is 6.30. The summed E-state index contributed by atoms with van der Waals surface area (Å²) in [6.07, 6.45) is 0. The molecule has 1 rings (SSSR count). The van der Waals surface area contributed by atoms with Crippen LogP contribution in [-0.4, -0.2) is 0 Å². The van der Waals surface area contributed by atoms with Gasteiger partial charge in [0.1, 0.15) is 0 Å². The van der Waals surface area contributed by atoms with Crippen molar-refractivity contribution in [1.29, 1.82) is 0 Å². The Bertz CT molecular complexity index is 198. The van der Waals surface area contributed by atoms with E-state index >= 15 is 0 Å². The first kappa shape index (κ1) is 6.59. The van der Waals surface area contributed by atoms with Gasteiger partial charge in [-0.2, -0.15) is 0 Å². The van der Waals surface area contributed by atoms with Crippen molar-refractivity contribution in [3.05, 3.63) is 34.9 Å². The lowest BCUT2D eigenvalue weighted by Crippen LogP contribution is -1.95. The quantitative estimate of drug-likeness (QED) is 0.630. The molecule has 0 aromatic heterocycles. The molecule has 2 heteroatoms. The van der Waals surface area contributed by atoms with Gasteiger partial charge in [0.25, 0.3) is 0 Å². The third kappa shape index (κ3) is 1.70. The molecular formula is C7H7ClN. The Morgan fingerprint density at radius 1 is 1.56 bits per heavy atom. The number of hydrogen-bond acceptors (Lipinski definition) is 1. The van der Waals surface area contributed by atoms with Crippen LogP contribution in [0.25, 0.3) is 0 Å². The van der Waals surface area contributed by atoms with Crippen LogP contribution >= 0.6 is 11.6 Å². The molecule has 0 heterocycles. The maximum atomic E-state index is 5.61. The van der Waals surface area contributed by atoms with E-state index in [2.05, 4.69) is 6.07 Å². The van der Waals surface area contributed by atoms with Gasteiger partial charge in [0.05, 0.1) is 0 Å². The first-order valence-electron chi connectivity index (χ1n) is 2.69. The second-order valence-electron chi connectivity index (χ2n) is 1.73. The lowest BCUT2D eigenvalue weighted by molar-refractivity contribution is 1.07. The monoisotopic (exact) mass is 140 g/mol. The molecule has 47 valence electrons. The van der Waals surface area contributed by atoms with Crippen LogP contribution in [-0.2, 0) is 6.54 Å². The molecule has 1 aromatic rings. The Morgan fingerprint density at radius 2 is 2.33 bits per heavy atom. The highest BCUT2D eigenvalue weighted by Crippen LogP contribution is 2.08. The molecule has 0 saturated heterocycles. The topological polar surface area (TPSA) is 26.0 Å². The van der Waals surface area contributed by atoms with Crippen LogP contribution in [0.3, 0.4) is 0 Å². The minimum absolute atomic E-state index is 0.501. The molecule has 0 fully saturated rings. The molecular weight excluding hydrogens is 134 g/mol. The predicted molar refractivity (Wildman–Crippen MR) is 38.2 cm³/mol.